The van der Waals surface area contributed by atoms with Crippen molar-refractivity contribution < 1.29 is 0 Å². The number of aliphatic imine (C=N–C) groups is 2. The van der Waals surface area contributed by atoms with Crippen LogP contribution in [-0.2, 0) is 0 Å². The van der Waals surface area contributed by atoms with Crippen molar-refractivity contribution in [1.29, 1.82) is 0 Å². The molecule has 1 aromatic rings. The fourth-order valence-electron chi connectivity index (χ4n) is 2.52. The van der Waals surface area contributed by atoms with Crippen LogP contribution < -0.4 is 0 Å². The van der Waals surface area contributed by atoms with Gasteiger partial charge >= 0.3 is 0 Å². The highest BCUT2D eigenvalue weighted by Crippen LogP contribution is 2.27. The van der Waals surface area contributed by atoms with E-state index < -0.39 is 0 Å². The van der Waals surface area contributed by atoms with Gasteiger partial charge in [0.2, 0.25) is 0 Å². The second-order valence-corrected chi connectivity index (χ2v) is 7.61. The van der Waals surface area contributed by atoms with Gasteiger partial charge in [0, 0.05) is 24.4 Å². The molecule has 0 unspecified atom stereocenters. The van der Waals surface area contributed by atoms with Gasteiger partial charge in [0.15, 0.2) is 0 Å². The molecule has 3 nitrogen and oxygen atoms in total. The second-order valence-electron chi connectivity index (χ2n) is 7.61. The Kier molecular flexibility index (Phi) is 8.34. The van der Waals surface area contributed by atoms with E-state index in [1.165, 1.54) is 11.1 Å². The molecule has 0 aliphatic carbocycles. The van der Waals surface area contributed by atoms with Crippen LogP contribution in [0.25, 0.3) is 0 Å². The molecule has 1 aromatic carbocycles. The van der Waals surface area contributed by atoms with Gasteiger partial charge in [-0.2, -0.15) is 0 Å². The van der Waals surface area contributed by atoms with E-state index in [1.807, 2.05) is 0 Å². The van der Waals surface area contributed by atoms with Crippen LogP contribution in [0.4, 0.5) is 5.69 Å². The van der Waals surface area contributed by atoms with Crippen molar-refractivity contribution in [3.8, 4) is 0 Å². The SMILES string of the molecule is CC(CC(C)=Nc1cc(C(C)C)cc(C(C)C)c1)=NCCN(C)C. The second kappa shape index (κ2) is 9.73. The minimum Gasteiger partial charge on any atom is -0.308 e. The van der Waals surface area contributed by atoms with E-state index in [-0.39, 0.29) is 0 Å². The lowest BCUT2D eigenvalue weighted by Crippen LogP contribution is -2.16. The van der Waals surface area contributed by atoms with Gasteiger partial charge in [-0.3, -0.25) is 9.98 Å². The summed E-state index contributed by atoms with van der Waals surface area (Å²) in [6.45, 7) is 15.0. The van der Waals surface area contributed by atoms with E-state index in [2.05, 4.69) is 83.7 Å². The Morgan fingerprint density at radius 3 is 1.92 bits per heavy atom. The van der Waals surface area contributed by atoms with Crippen molar-refractivity contribution >= 4 is 17.1 Å². The molecule has 0 heterocycles. The van der Waals surface area contributed by atoms with Gasteiger partial charge in [0.25, 0.3) is 0 Å². The predicted octanol–water partition coefficient (Wildman–Crippen LogP) is 5.44. The molecular weight excluding hydrogens is 294 g/mol. The molecular formula is C21H35N3. The summed E-state index contributed by atoms with van der Waals surface area (Å²) in [5, 5.41) is 0. The van der Waals surface area contributed by atoms with E-state index in [9.17, 15) is 0 Å². The van der Waals surface area contributed by atoms with Crippen LogP contribution in [0.1, 0.15) is 70.9 Å². The molecule has 134 valence electrons. The quantitative estimate of drug-likeness (QED) is 0.584. The van der Waals surface area contributed by atoms with Gasteiger partial charge in [-0.1, -0.05) is 33.8 Å². The Hall–Kier alpha value is -1.48. The lowest BCUT2D eigenvalue weighted by atomic mass is 9.95. The number of nitrogens with zero attached hydrogens (tertiary/aromatic N) is 3. The fourth-order valence-corrected chi connectivity index (χ4v) is 2.52. The molecule has 1 rings (SSSR count). The van der Waals surface area contributed by atoms with E-state index >= 15 is 0 Å². The van der Waals surface area contributed by atoms with Crippen LogP contribution in [0.5, 0.6) is 0 Å². The molecule has 0 saturated carbocycles. The first-order valence-electron chi connectivity index (χ1n) is 9.02. The van der Waals surface area contributed by atoms with Crippen LogP contribution >= 0.6 is 0 Å². The first-order valence-corrected chi connectivity index (χ1v) is 9.02. The van der Waals surface area contributed by atoms with Crippen LogP contribution in [0.15, 0.2) is 28.2 Å². The van der Waals surface area contributed by atoms with Crippen molar-refractivity contribution in [2.24, 2.45) is 9.98 Å². The van der Waals surface area contributed by atoms with Crippen LogP contribution in [0, 0.1) is 0 Å². The Labute approximate surface area is 148 Å². The maximum atomic E-state index is 4.85. The molecule has 0 aromatic heterocycles. The van der Waals surface area contributed by atoms with Gasteiger partial charge in [-0.05, 0) is 63.0 Å². The molecule has 0 radical (unpaired) electrons. The molecule has 0 spiro atoms. The number of rotatable bonds is 8. The molecule has 24 heavy (non-hydrogen) atoms. The zero-order valence-corrected chi connectivity index (χ0v) is 16.8. The van der Waals surface area contributed by atoms with Gasteiger partial charge in [-0.25, -0.2) is 0 Å². The molecule has 0 bridgehead atoms. The molecule has 3 heteroatoms. The predicted molar refractivity (Wildman–Crippen MR) is 109 cm³/mol. The van der Waals surface area contributed by atoms with E-state index in [0.29, 0.717) is 11.8 Å². The van der Waals surface area contributed by atoms with E-state index in [0.717, 1.165) is 36.6 Å². The van der Waals surface area contributed by atoms with Crippen molar-refractivity contribution in [2.45, 2.75) is 59.8 Å². The summed E-state index contributed by atoms with van der Waals surface area (Å²) in [5.41, 5.74) is 6.08. The van der Waals surface area contributed by atoms with E-state index in [1.54, 1.807) is 0 Å². The highest BCUT2D eigenvalue weighted by atomic mass is 15.1. The Morgan fingerprint density at radius 2 is 1.46 bits per heavy atom. The highest BCUT2D eigenvalue weighted by molar-refractivity contribution is 6.03. The summed E-state index contributed by atoms with van der Waals surface area (Å²) >= 11 is 0. The number of hydrogen-bond donors (Lipinski definition) is 0. The molecule has 0 amide bonds. The first-order chi connectivity index (χ1) is 11.2. The lowest BCUT2D eigenvalue weighted by molar-refractivity contribution is 0.420. The third-order valence-corrected chi connectivity index (χ3v) is 4.06. The monoisotopic (exact) mass is 329 g/mol. The highest BCUT2D eigenvalue weighted by Gasteiger charge is 2.07. The van der Waals surface area contributed by atoms with Crippen molar-refractivity contribution in [2.75, 3.05) is 27.2 Å². The van der Waals surface area contributed by atoms with Crippen LogP contribution in [-0.4, -0.2) is 43.5 Å². The van der Waals surface area contributed by atoms with Crippen molar-refractivity contribution in [3.05, 3.63) is 29.3 Å². The average molecular weight is 330 g/mol. The largest absolute Gasteiger partial charge is 0.308 e. The molecule has 0 N–H and O–H groups in total. The van der Waals surface area contributed by atoms with Gasteiger partial charge in [-0.15, -0.1) is 0 Å². The smallest absolute Gasteiger partial charge is 0.0634 e. The van der Waals surface area contributed by atoms with Crippen molar-refractivity contribution in [3.63, 3.8) is 0 Å². The number of likely N-dealkylation sites (N-methyl/N-ethyl adjacent to an activating group) is 1. The van der Waals surface area contributed by atoms with Crippen molar-refractivity contribution in [1.82, 2.24) is 4.90 Å². The van der Waals surface area contributed by atoms with Gasteiger partial charge in [0.1, 0.15) is 0 Å². The third-order valence-electron chi connectivity index (χ3n) is 4.06. The summed E-state index contributed by atoms with van der Waals surface area (Å²) in [6, 6.07) is 6.76. The summed E-state index contributed by atoms with van der Waals surface area (Å²) in [5.74, 6) is 1.04. The topological polar surface area (TPSA) is 28.0 Å². The first kappa shape index (κ1) is 20.6. The Morgan fingerprint density at radius 1 is 0.917 bits per heavy atom. The maximum absolute atomic E-state index is 4.85. The normalized spacial score (nSPS) is 13.5. The average Bonchev–Trinajstić information content (AvgIpc) is 2.45. The molecule has 0 fully saturated rings. The number of hydrogen-bond acceptors (Lipinski definition) is 3. The third kappa shape index (κ3) is 7.39. The van der Waals surface area contributed by atoms with Gasteiger partial charge < -0.3 is 4.90 Å². The molecule has 0 aliphatic rings. The van der Waals surface area contributed by atoms with Crippen LogP contribution in [0.3, 0.4) is 0 Å². The number of benzene rings is 1. The summed E-state index contributed by atoms with van der Waals surface area (Å²) < 4.78 is 0. The van der Waals surface area contributed by atoms with Crippen LogP contribution in [0.2, 0.25) is 0 Å². The molecule has 0 saturated heterocycles. The lowest BCUT2D eigenvalue weighted by Gasteiger charge is -2.13. The summed E-state index contributed by atoms with van der Waals surface area (Å²) in [6.07, 6.45) is 0.844. The zero-order chi connectivity index (χ0) is 18.3. The minimum atomic E-state index is 0.521. The Bertz CT molecular complexity index is 554. The van der Waals surface area contributed by atoms with E-state index in [4.69, 9.17) is 4.99 Å². The fraction of sp³-hybridized carbons (Fsp3) is 0.619. The minimum absolute atomic E-state index is 0.521. The summed E-state index contributed by atoms with van der Waals surface area (Å²) in [7, 11) is 4.15. The summed E-state index contributed by atoms with van der Waals surface area (Å²) in [4.78, 5) is 11.6. The molecule has 0 aliphatic heterocycles. The standard InChI is InChI=1S/C21H35N3/c1-15(2)19-12-20(16(3)4)14-21(13-19)23-18(6)11-17(5)22-9-10-24(7)8/h12-16H,9-11H2,1-8H3. The zero-order valence-electron chi connectivity index (χ0n) is 16.8. The maximum Gasteiger partial charge on any atom is 0.0634 e. The Balaban J connectivity index is 2.90. The van der Waals surface area contributed by atoms with Gasteiger partial charge in [0.05, 0.1) is 12.2 Å². The molecule has 0 atom stereocenters.